The molecular weight excluding hydrogens is 404 g/mol. The molecule has 0 radical (unpaired) electrons. The van der Waals surface area contributed by atoms with Crippen molar-refractivity contribution in [1.82, 2.24) is 10.6 Å². The summed E-state index contributed by atoms with van der Waals surface area (Å²) in [5.41, 5.74) is 2.04. The Hall–Kier alpha value is -1.60. The van der Waals surface area contributed by atoms with Gasteiger partial charge in [0.1, 0.15) is 5.75 Å². The van der Waals surface area contributed by atoms with Crippen molar-refractivity contribution in [2.24, 2.45) is 0 Å². The Morgan fingerprint density at radius 1 is 1.36 bits per heavy atom. The molecule has 5 nitrogen and oxygen atoms in total. The largest absolute Gasteiger partial charge is 0.493 e. The quantitative estimate of drug-likeness (QED) is 0.390. The first kappa shape index (κ1) is 19.7. The lowest BCUT2D eigenvalue weighted by molar-refractivity contribution is -0.139. The van der Waals surface area contributed by atoms with Crippen LogP contribution in [0.3, 0.4) is 0 Å². The average molecular weight is 427 g/mol. The van der Waals surface area contributed by atoms with Gasteiger partial charge in [0.25, 0.3) is 0 Å². The highest BCUT2D eigenvalue weighted by atomic mass is 79.9. The van der Waals surface area contributed by atoms with E-state index in [4.69, 9.17) is 21.7 Å². The van der Waals surface area contributed by atoms with E-state index >= 15 is 0 Å². The number of carbonyl (C=O) groups is 1. The topological polar surface area (TPSA) is 59.6 Å². The molecule has 0 aromatic heterocycles. The number of hydrogen-bond donors (Lipinski definition) is 2. The Morgan fingerprint density at radius 3 is 2.80 bits per heavy atom. The molecule has 2 rings (SSSR count). The van der Waals surface area contributed by atoms with Gasteiger partial charge in [0, 0.05) is 15.7 Å². The maximum atomic E-state index is 12.5. The maximum absolute atomic E-state index is 12.5. The molecule has 1 aliphatic rings. The number of carbonyl (C=O) groups excluding carboxylic acids is 1. The predicted octanol–water partition coefficient (Wildman–Crippen LogP) is 3.98. The van der Waals surface area contributed by atoms with Gasteiger partial charge in [0.05, 0.1) is 24.8 Å². The predicted molar refractivity (Wildman–Crippen MR) is 105 cm³/mol. The van der Waals surface area contributed by atoms with Gasteiger partial charge in [-0.05, 0) is 50.7 Å². The van der Waals surface area contributed by atoms with E-state index in [2.05, 4.69) is 33.5 Å². The van der Waals surface area contributed by atoms with Gasteiger partial charge in [-0.1, -0.05) is 29.3 Å². The lowest BCUT2D eigenvalue weighted by Crippen LogP contribution is -2.45. The summed E-state index contributed by atoms with van der Waals surface area (Å²) in [5.74, 6) is 0.362. The SMILES string of the molecule is CCCCOc1ccc(Br)cc1[C@H]1NC(=S)NC(C)=C1C(=O)OCC. The summed E-state index contributed by atoms with van der Waals surface area (Å²) in [7, 11) is 0. The number of ether oxygens (including phenoxy) is 2. The van der Waals surface area contributed by atoms with Crippen molar-refractivity contribution in [2.75, 3.05) is 13.2 Å². The molecule has 0 aliphatic carbocycles. The van der Waals surface area contributed by atoms with Gasteiger partial charge in [-0.2, -0.15) is 0 Å². The minimum Gasteiger partial charge on any atom is -0.493 e. The Kier molecular flexibility index (Phi) is 7.25. The first-order chi connectivity index (χ1) is 12.0. The number of unbranched alkanes of at least 4 members (excludes halogenated alkanes) is 1. The summed E-state index contributed by atoms with van der Waals surface area (Å²) in [6.07, 6.45) is 2.02. The first-order valence-electron chi connectivity index (χ1n) is 8.35. The molecule has 0 unspecified atom stereocenters. The van der Waals surface area contributed by atoms with Crippen LogP contribution in [0.2, 0.25) is 0 Å². The van der Waals surface area contributed by atoms with Crippen molar-refractivity contribution in [3.8, 4) is 5.75 Å². The molecule has 0 fully saturated rings. The smallest absolute Gasteiger partial charge is 0.338 e. The number of nitrogens with one attached hydrogen (secondary N) is 2. The molecular formula is C18H23BrN2O3S. The highest BCUT2D eigenvalue weighted by molar-refractivity contribution is 9.10. The average Bonchev–Trinajstić information content (AvgIpc) is 2.55. The van der Waals surface area contributed by atoms with E-state index in [0.717, 1.165) is 28.6 Å². The van der Waals surface area contributed by atoms with Crippen LogP contribution in [0.4, 0.5) is 0 Å². The zero-order valence-electron chi connectivity index (χ0n) is 14.6. The van der Waals surface area contributed by atoms with E-state index in [0.29, 0.717) is 29.6 Å². The molecule has 1 heterocycles. The molecule has 1 atom stereocenters. The third-order valence-corrected chi connectivity index (χ3v) is 4.52. The third kappa shape index (κ3) is 4.95. The molecule has 0 amide bonds. The second-order valence-corrected chi connectivity index (χ2v) is 7.00. The Morgan fingerprint density at radius 2 is 2.12 bits per heavy atom. The van der Waals surface area contributed by atoms with Gasteiger partial charge in [-0.3, -0.25) is 0 Å². The molecule has 1 aliphatic heterocycles. The molecule has 0 bridgehead atoms. The first-order valence-corrected chi connectivity index (χ1v) is 9.55. The number of esters is 1. The summed E-state index contributed by atoms with van der Waals surface area (Å²) in [6, 6.07) is 5.34. The van der Waals surface area contributed by atoms with Crippen LogP contribution in [0.15, 0.2) is 33.9 Å². The van der Waals surface area contributed by atoms with E-state index in [1.807, 2.05) is 25.1 Å². The van der Waals surface area contributed by atoms with Gasteiger partial charge in [0.2, 0.25) is 0 Å². The normalized spacial score (nSPS) is 17.0. The second-order valence-electron chi connectivity index (χ2n) is 5.67. The van der Waals surface area contributed by atoms with E-state index in [-0.39, 0.29) is 5.97 Å². The number of hydrogen-bond acceptors (Lipinski definition) is 4. The monoisotopic (exact) mass is 426 g/mol. The van der Waals surface area contributed by atoms with Crippen LogP contribution in [-0.2, 0) is 9.53 Å². The Labute approximate surface area is 162 Å². The zero-order chi connectivity index (χ0) is 18.4. The van der Waals surface area contributed by atoms with Crippen LogP contribution in [0, 0.1) is 0 Å². The van der Waals surface area contributed by atoms with Gasteiger partial charge >= 0.3 is 5.97 Å². The fourth-order valence-corrected chi connectivity index (χ4v) is 3.26. The summed E-state index contributed by atoms with van der Waals surface area (Å²) < 4.78 is 12.1. The minimum absolute atomic E-state index is 0.311. The van der Waals surface area contributed by atoms with Crippen molar-refractivity contribution >= 4 is 39.2 Å². The van der Waals surface area contributed by atoms with Crippen molar-refractivity contribution < 1.29 is 14.3 Å². The summed E-state index contributed by atoms with van der Waals surface area (Å²) in [4.78, 5) is 12.5. The van der Waals surface area contributed by atoms with Crippen LogP contribution in [0.25, 0.3) is 0 Å². The number of halogens is 1. The van der Waals surface area contributed by atoms with Crippen molar-refractivity contribution in [3.05, 3.63) is 39.5 Å². The van der Waals surface area contributed by atoms with E-state index in [1.54, 1.807) is 6.92 Å². The molecule has 1 aromatic carbocycles. The van der Waals surface area contributed by atoms with Crippen LogP contribution in [0.5, 0.6) is 5.75 Å². The molecule has 136 valence electrons. The van der Waals surface area contributed by atoms with E-state index in [1.165, 1.54) is 0 Å². The maximum Gasteiger partial charge on any atom is 0.338 e. The molecule has 2 N–H and O–H groups in total. The van der Waals surface area contributed by atoms with E-state index in [9.17, 15) is 4.79 Å². The summed E-state index contributed by atoms with van der Waals surface area (Å²) in [5, 5.41) is 6.64. The third-order valence-electron chi connectivity index (χ3n) is 3.80. The summed E-state index contributed by atoms with van der Waals surface area (Å²) >= 11 is 8.78. The zero-order valence-corrected chi connectivity index (χ0v) is 17.1. The minimum atomic E-state index is -0.429. The fourth-order valence-electron chi connectivity index (χ4n) is 2.61. The van der Waals surface area contributed by atoms with Gasteiger partial charge in [-0.25, -0.2) is 4.79 Å². The lowest BCUT2D eigenvalue weighted by atomic mass is 9.95. The number of thiocarbonyl (C=S) groups is 1. The van der Waals surface area contributed by atoms with Crippen molar-refractivity contribution in [2.45, 2.75) is 39.7 Å². The Bertz CT molecular complexity index is 691. The molecule has 1 aromatic rings. The highest BCUT2D eigenvalue weighted by Crippen LogP contribution is 2.35. The number of allylic oxidation sites excluding steroid dienone is 1. The van der Waals surface area contributed by atoms with Gasteiger partial charge in [-0.15, -0.1) is 0 Å². The standard InChI is InChI=1S/C18H23BrN2O3S/c1-4-6-9-24-14-8-7-12(19)10-13(14)16-15(17(22)23-5-2)11(3)20-18(25)21-16/h7-8,10,16H,4-6,9H2,1-3H3,(H2,20,21,25)/t16-/m1/s1. The molecule has 25 heavy (non-hydrogen) atoms. The molecule has 7 heteroatoms. The number of benzene rings is 1. The number of rotatable bonds is 7. The van der Waals surface area contributed by atoms with E-state index < -0.39 is 6.04 Å². The van der Waals surface area contributed by atoms with Crippen molar-refractivity contribution in [3.63, 3.8) is 0 Å². The van der Waals surface area contributed by atoms with Gasteiger partial charge in [0.15, 0.2) is 5.11 Å². The lowest BCUT2D eigenvalue weighted by Gasteiger charge is -2.31. The van der Waals surface area contributed by atoms with Crippen LogP contribution < -0.4 is 15.4 Å². The second kappa shape index (κ2) is 9.20. The van der Waals surface area contributed by atoms with Crippen LogP contribution >= 0.6 is 28.1 Å². The van der Waals surface area contributed by atoms with Crippen molar-refractivity contribution in [1.29, 1.82) is 0 Å². The highest BCUT2D eigenvalue weighted by Gasteiger charge is 2.32. The Balaban J connectivity index is 2.45. The fraction of sp³-hybridized carbons (Fsp3) is 0.444. The molecule has 0 spiro atoms. The molecule has 0 saturated carbocycles. The summed E-state index contributed by atoms with van der Waals surface area (Å²) in [6.45, 7) is 6.66. The van der Waals surface area contributed by atoms with Crippen LogP contribution in [-0.4, -0.2) is 24.3 Å². The van der Waals surface area contributed by atoms with Crippen LogP contribution in [0.1, 0.15) is 45.2 Å². The molecule has 0 saturated heterocycles. The van der Waals surface area contributed by atoms with Gasteiger partial charge < -0.3 is 20.1 Å².